The molecule has 3 aromatic rings. The van der Waals surface area contributed by atoms with Gasteiger partial charge in [0.2, 0.25) is 5.91 Å². The molecule has 0 aliphatic heterocycles. The predicted molar refractivity (Wildman–Crippen MR) is 165 cm³/mol. The summed E-state index contributed by atoms with van der Waals surface area (Å²) in [5, 5.41) is 15.6. The van der Waals surface area contributed by atoms with Crippen molar-refractivity contribution in [2.24, 2.45) is 0 Å². The zero-order chi connectivity index (χ0) is 31.0. The number of benzene rings is 3. The number of alkyl carbamates (subject to hydrolysis) is 1. The van der Waals surface area contributed by atoms with E-state index in [0.29, 0.717) is 17.7 Å². The monoisotopic (exact) mass is 573 g/mol. The number of hydrogen-bond acceptors (Lipinski definition) is 5. The number of nitrogens with one attached hydrogen (secondary N) is 2. The molecule has 0 aliphatic rings. The highest BCUT2D eigenvalue weighted by Crippen LogP contribution is 2.29. The van der Waals surface area contributed by atoms with Gasteiger partial charge in [-0.05, 0) is 87.9 Å². The number of anilines is 1. The molecule has 3 aromatic carbocycles. The van der Waals surface area contributed by atoms with E-state index < -0.39 is 29.7 Å². The van der Waals surface area contributed by atoms with E-state index in [2.05, 4.69) is 10.6 Å². The third-order valence-corrected chi connectivity index (χ3v) is 6.89. The Hall–Kier alpha value is -4.33. The Morgan fingerprint density at radius 2 is 1.48 bits per heavy atom. The maximum absolute atomic E-state index is 14.4. The van der Waals surface area contributed by atoms with Crippen LogP contribution < -0.4 is 10.6 Å². The van der Waals surface area contributed by atoms with Crippen LogP contribution in [0.3, 0.4) is 0 Å². The van der Waals surface area contributed by atoms with Crippen LogP contribution in [0.25, 0.3) is 0 Å². The Morgan fingerprint density at radius 1 is 0.881 bits per heavy atom. The van der Waals surface area contributed by atoms with Gasteiger partial charge in [0.05, 0.1) is 0 Å². The van der Waals surface area contributed by atoms with E-state index >= 15 is 0 Å². The van der Waals surface area contributed by atoms with Crippen LogP contribution in [0, 0.1) is 20.8 Å². The number of ether oxygens (including phenoxy) is 1. The summed E-state index contributed by atoms with van der Waals surface area (Å²) in [6, 6.07) is 17.8. The Balaban J connectivity index is 2.08. The number of phenols is 1. The van der Waals surface area contributed by atoms with Crippen molar-refractivity contribution in [2.45, 2.75) is 79.0 Å². The molecule has 42 heavy (non-hydrogen) atoms. The molecule has 3 amide bonds. The van der Waals surface area contributed by atoms with Gasteiger partial charge in [-0.1, -0.05) is 61.5 Å². The van der Waals surface area contributed by atoms with E-state index in [4.69, 9.17) is 4.74 Å². The van der Waals surface area contributed by atoms with E-state index in [-0.39, 0.29) is 24.6 Å². The molecule has 0 saturated carbocycles. The minimum Gasteiger partial charge on any atom is -0.508 e. The highest BCUT2D eigenvalue weighted by Gasteiger charge is 2.37. The summed E-state index contributed by atoms with van der Waals surface area (Å²) in [6.07, 6.45) is -0.00991. The molecule has 2 unspecified atom stereocenters. The Morgan fingerprint density at radius 3 is 2.05 bits per heavy atom. The van der Waals surface area contributed by atoms with Crippen LogP contribution in [0.2, 0.25) is 0 Å². The molecule has 0 bridgehead atoms. The van der Waals surface area contributed by atoms with Crippen molar-refractivity contribution < 1.29 is 24.2 Å². The molecule has 0 fully saturated rings. The fourth-order valence-electron chi connectivity index (χ4n) is 4.87. The topological polar surface area (TPSA) is 108 Å². The third kappa shape index (κ3) is 8.59. The lowest BCUT2D eigenvalue weighted by Crippen LogP contribution is -2.53. The van der Waals surface area contributed by atoms with E-state index in [1.54, 1.807) is 37.8 Å². The average molecular weight is 574 g/mol. The molecule has 8 heteroatoms. The number of carbonyl (C=O) groups excluding carboxylic acids is 3. The van der Waals surface area contributed by atoms with Crippen molar-refractivity contribution in [2.75, 3.05) is 11.9 Å². The Labute approximate surface area is 249 Å². The van der Waals surface area contributed by atoms with Crippen molar-refractivity contribution in [3.05, 3.63) is 94.5 Å². The zero-order valence-electron chi connectivity index (χ0n) is 25.7. The maximum Gasteiger partial charge on any atom is 0.408 e. The molecule has 224 valence electrons. The summed E-state index contributed by atoms with van der Waals surface area (Å²) in [6.45, 7) is 13.2. The Kier molecular flexibility index (Phi) is 10.8. The fourth-order valence-corrected chi connectivity index (χ4v) is 4.87. The van der Waals surface area contributed by atoms with Crippen molar-refractivity contribution >= 4 is 23.6 Å². The standard InChI is InChI=1S/C34H43N3O5/c1-8-20-37(32(40)28(35-33(41)42-34(5,6)7)21-25-16-18-26(38)19-17-25)30(27-15-10-9-12-22(27)2)31(39)36-29-23(3)13-11-14-24(29)4/h9-19,28,30,38H,8,20-21H2,1-7H3,(H,35,41)(H,36,39). The number of phenolic OH excluding ortho intramolecular Hbond substituents is 1. The number of carbonyl (C=O) groups is 3. The van der Waals surface area contributed by atoms with Gasteiger partial charge < -0.3 is 25.4 Å². The second-order valence-electron chi connectivity index (χ2n) is 11.6. The molecule has 2 atom stereocenters. The van der Waals surface area contributed by atoms with Gasteiger partial charge >= 0.3 is 6.09 Å². The van der Waals surface area contributed by atoms with Crippen LogP contribution in [-0.4, -0.2) is 46.1 Å². The van der Waals surface area contributed by atoms with E-state index in [1.165, 1.54) is 12.1 Å². The van der Waals surface area contributed by atoms with Crippen molar-refractivity contribution in [3.8, 4) is 5.75 Å². The third-order valence-electron chi connectivity index (χ3n) is 6.89. The molecule has 0 saturated heterocycles. The molecule has 0 aliphatic carbocycles. The SMILES string of the molecule is CCCN(C(=O)C(Cc1ccc(O)cc1)NC(=O)OC(C)(C)C)C(C(=O)Nc1c(C)cccc1C)c1ccccc1C. The normalized spacial score (nSPS) is 12.6. The van der Waals surface area contributed by atoms with Crippen LogP contribution in [-0.2, 0) is 20.7 Å². The first kappa shape index (κ1) is 32.2. The highest BCUT2D eigenvalue weighted by atomic mass is 16.6. The van der Waals surface area contributed by atoms with Gasteiger partial charge in [-0.25, -0.2) is 4.79 Å². The first-order valence-corrected chi connectivity index (χ1v) is 14.3. The molecular formula is C34H43N3O5. The summed E-state index contributed by atoms with van der Waals surface area (Å²) >= 11 is 0. The number of aryl methyl sites for hydroxylation is 3. The molecule has 0 heterocycles. The van der Waals surface area contributed by atoms with Crippen molar-refractivity contribution in [1.29, 1.82) is 0 Å². The zero-order valence-corrected chi connectivity index (χ0v) is 25.7. The van der Waals surface area contributed by atoms with E-state index in [1.807, 2.05) is 70.2 Å². The second kappa shape index (κ2) is 14.0. The number of aromatic hydroxyl groups is 1. The Bertz CT molecular complexity index is 1370. The first-order valence-electron chi connectivity index (χ1n) is 14.3. The number of hydrogen-bond donors (Lipinski definition) is 3. The minimum atomic E-state index is -1.03. The summed E-state index contributed by atoms with van der Waals surface area (Å²) in [5.74, 6) is -0.665. The van der Waals surface area contributed by atoms with Crippen LogP contribution in [0.15, 0.2) is 66.7 Å². The summed E-state index contributed by atoms with van der Waals surface area (Å²) in [5.41, 5.74) is 4.05. The lowest BCUT2D eigenvalue weighted by molar-refractivity contribution is -0.140. The minimum absolute atomic E-state index is 0.0946. The number of nitrogens with zero attached hydrogens (tertiary/aromatic N) is 1. The summed E-state index contributed by atoms with van der Waals surface area (Å²) in [4.78, 5) is 43.1. The summed E-state index contributed by atoms with van der Waals surface area (Å²) < 4.78 is 5.49. The van der Waals surface area contributed by atoms with Crippen LogP contribution >= 0.6 is 0 Å². The molecule has 3 rings (SSSR count). The van der Waals surface area contributed by atoms with Crippen LogP contribution in [0.1, 0.15) is 68.0 Å². The van der Waals surface area contributed by atoms with Crippen molar-refractivity contribution in [1.82, 2.24) is 10.2 Å². The quantitative estimate of drug-likeness (QED) is 0.261. The van der Waals surface area contributed by atoms with E-state index in [0.717, 1.165) is 22.3 Å². The number of para-hydroxylation sites is 1. The highest BCUT2D eigenvalue weighted by molar-refractivity contribution is 6.00. The number of amides is 3. The maximum atomic E-state index is 14.4. The van der Waals surface area contributed by atoms with Gasteiger partial charge in [-0.2, -0.15) is 0 Å². The van der Waals surface area contributed by atoms with Crippen molar-refractivity contribution in [3.63, 3.8) is 0 Å². The van der Waals surface area contributed by atoms with Gasteiger partial charge in [-0.15, -0.1) is 0 Å². The molecule has 0 radical (unpaired) electrons. The van der Waals surface area contributed by atoms with Gasteiger partial charge in [0, 0.05) is 18.7 Å². The second-order valence-corrected chi connectivity index (χ2v) is 11.6. The number of rotatable bonds is 10. The molecule has 0 spiro atoms. The lowest BCUT2D eigenvalue weighted by atomic mass is 9.96. The molecule has 8 nitrogen and oxygen atoms in total. The molecular weight excluding hydrogens is 530 g/mol. The fraction of sp³-hybridized carbons (Fsp3) is 0.382. The molecule has 0 aromatic heterocycles. The average Bonchev–Trinajstić information content (AvgIpc) is 2.91. The lowest BCUT2D eigenvalue weighted by Gasteiger charge is -2.35. The van der Waals surface area contributed by atoms with Gasteiger partial charge in [0.25, 0.3) is 5.91 Å². The van der Waals surface area contributed by atoms with Crippen LogP contribution in [0.4, 0.5) is 10.5 Å². The summed E-state index contributed by atoms with van der Waals surface area (Å²) in [7, 11) is 0. The van der Waals surface area contributed by atoms with E-state index in [9.17, 15) is 19.5 Å². The largest absolute Gasteiger partial charge is 0.508 e. The smallest absolute Gasteiger partial charge is 0.408 e. The van der Waals surface area contributed by atoms with Crippen LogP contribution in [0.5, 0.6) is 5.75 Å². The first-order chi connectivity index (χ1) is 19.8. The van der Waals surface area contributed by atoms with Gasteiger partial charge in [0.1, 0.15) is 23.4 Å². The predicted octanol–water partition coefficient (Wildman–Crippen LogP) is 6.37. The van der Waals surface area contributed by atoms with Gasteiger partial charge in [0.15, 0.2) is 0 Å². The molecule has 3 N–H and O–H groups in total. The van der Waals surface area contributed by atoms with Gasteiger partial charge in [-0.3, -0.25) is 9.59 Å².